The minimum atomic E-state index is -0.204. The van der Waals surface area contributed by atoms with Gasteiger partial charge in [-0.05, 0) is 45.9 Å². The van der Waals surface area contributed by atoms with Crippen LogP contribution in [0.4, 0.5) is 0 Å². The molecule has 0 aliphatic heterocycles. The first-order chi connectivity index (χ1) is 3.06. The molecule has 0 saturated carbocycles. The number of halogens is 1. The fraction of sp³-hybridized carbons (Fsp3) is 1.00. The molecular weight excluding hydrogens is 219 g/mol. The van der Waals surface area contributed by atoms with E-state index in [4.69, 9.17) is 0 Å². The van der Waals surface area contributed by atoms with Crippen molar-refractivity contribution in [1.82, 2.24) is 0 Å². The van der Waals surface area contributed by atoms with Crippen LogP contribution in [-0.4, -0.2) is 18.3 Å². The van der Waals surface area contributed by atoms with Crippen molar-refractivity contribution in [2.45, 2.75) is 13.3 Å². The summed E-state index contributed by atoms with van der Waals surface area (Å²) in [6.07, 6.45) is 6.03. The Labute approximate surface area is 60.0 Å². The first-order valence-electron chi connectivity index (χ1n) is 2.47. The van der Waals surface area contributed by atoms with Crippen LogP contribution in [0.15, 0.2) is 0 Å². The lowest BCUT2D eigenvalue weighted by Gasteiger charge is -2.20. The van der Waals surface area contributed by atoms with Gasteiger partial charge < -0.3 is 0 Å². The zero-order valence-corrected chi connectivity index (χ0v) is 8.17. The molecule has 0 aliphatic rings. The molecule has 0 radical (unpaired) electrons. The first-order valence-corrected chi connectivity index (χ1v) is 7.63. The number of hydrogen-bond donors (Lipinski definition) is 0. The van der Waals surface area contributed by atoms with Gasteiger partial charge in [-0.2, -0.15) is 7.20 Å². The lowest BCUT2D eigenvalue weighted by atomic mass is 10.6. The van der Waals surface area contributed by atoms with Crippen molar-refractivity contribution in [3.63, 3.8) is 0 Å². The number of hydrogen-bond acceptors (Lipinski definition) is 0. The summed E-state index contributed by atoms with van der Waals surface area (Å²) in [7, 11) is -0.204. The van der Waals surface area contributed by atoms with E-state index in [0.29, 0.717) is 0 Å². The predicted molar refractivity (Wildman–Crippen MR) is 48.6 cm³/mol. The molecule has 0 nitrogen and oxygen atoms in total. The minimum Gasteiger partial charge on any atom is -0.193 e. The van der Waals surface area contributed by atoms with Gasteiger partial charge in [0.25, 0.3) is 0 Å². The van der Waals surface area contributed by atoms with Crippen LogP contribution in [0.1, 0.15) is 13.3 Å². The molecule has 0 fully saturated rings. The van der Waals surface area contributed by atoms with Crippen molar-refractivity contribution in [3.8, 4) is 0 Å². The molecule has 0 spiro atoms. The van der Waals surface area contributed by atoms with E-state index in [-0.39, 0.29) is 7.20 Å². The van der Waals surface area contributed by atoms with Gasteiger partial charge in [0.15, 0.2) is 0 Å². The van der Waals surface area contributed by atoms with E-state index in [1.807, 2.05) is 0 Å². The van der Waals surface area contributed by atoms with Gasteiger partial charge in [0.1, 0.15) is 0 Å². The summed E-state index contributed by atoms with van der Waals surface area (Å²) in [5.41, 5.74) is 0. The molecule has 0 bridgehead atoms. The third kappa shape index (κ3) is 7.08. The Morgan fingerprint density at radius 3 is 1.86 bits per heavy atom. The monoisotopic (exact) mass is 232 g/mol. The van der Waals surface area contributed by atoms with Gasteiger partial charge in [-0.25, -0.2) is 0 Å². The maximum absolute atomic E-state index is 2.56. The lowest BCUT2D eigenvalue weighted by Crippen LogP contribution is -1.88. The maximum Gasteiger partial charge on any atom is -0.0151 e. The quantitative estimate of drug-likeness (QED) is 0.642. The maximum atomic E-state index is 2.56. The van der Waals surface area contributed by atoms with Crippen molar-refractivity contribution in [3.05, 3.63) is 0 Å². The van der Waals surface area contributed by atoms with Gasteiger partial charge in [0, 0.05) is 0 Å². The normalized spacial score (nSPS) is 14.3. The highest BCUT2D eigenvalue weighted by Gasteiger charge is 2.01. The Hall–Kier alpha value is 1.08. The summed E-state index contributed by atoms with van der Waals surface area (Å²) >= 11 is 2.56. The van der Waals surface area contributed by atoms with Gasteiger partial charge in [-0.15, -0.1) is 0 Å². The summed E-state index contributed by atoms with van der Waals surface area (Å²) in [5, 5.41) is 0. The zero-order chi connectivity index (χ0) is 5.91. The highest BCUT2D eigenvalue weighted by molar-refractivity contribution is 14.2. The number of rotatable bonds is 2. The molecule has 0 heterocycles. The minimum absolute atomic E-state index is 0.204. The second-order valence-corrected chi connectivity index (χ2v) is 12.5. The van der Waals surface area contributed by atoms with Crippen molar-refractivity contribution in [2.75, 3.05) is 18.3 Å². The first kappa shape index (κ1) is 8.08. The fourth-order valence-corrected chi connectivity index (χ4v) is 2.78. The SMILES string of the molecule is CCCS(C)(C)I. The third-order valence-corrected chi connectivity index (χ3v) is 3.39. The molecule has 0 aliphatic carbocycles. The molecule has 0 unspecified atom stereocenters. The Morgan fingerprint density at radius 1 is 1.43 bits per heavy atom. The summed E-state index contributed by atoms with van der Waals surface area (Å²) in [6.45, 7) is 2.24. The molecule has 0 rings (SSSR count). The molecule has 7 heavy (non-hydrogen) atoms. The van der Waals surface area contributed by atoms with E-state index in [1.54, 1.807) is 0 Å². The van der Waals surface area contributed by atoms with Crippen LogP contribution in [0.5, 0.6) is 0 Å². The van der Waals surface area contributed by atoms with E-state index in [1.165, 1.54) is 12.2 Å². The van der Waals surface area contributed by atoms with Crippen molar-refractivity contribution in [2.24, 2.45) is 0 Å². The smallest absolute Gasteiger partial charge is 0.0151 e. The molecule has 0 aromatic carbocycles. The second-order valence-electron chi connectivity index (χ2n) is 2.11. The second kappa shape index (κ2) is 3.17. The van der Waals surface area contributed by atoms with E-state index in [2.05, 4.69) is 40.6 Å². The molecule has 0 aromatic heterocycles. The van der Waals surface area contributed by atoms with Crippen LogP contribution in [0.3, 0.4) is 0 Å². The van der Waals surface area contributed by atoms with Crippen LogP contribution in [0.2, 0.25) is 0 Å². The Bertz CT molecular complexity index is 46.5. The van der Waals surface area contributed by atoms with Gasteiger partial charge in [0.05, 0.1) is 0 Å². The van der Waals surface area contributed by atoms with Crippen LogP contribution >= 0.6 is 28.4 Å². The fourth-order valence-electron chi connectivity index (χ4n) is 0.485. The van der Waals surface area contributed by atoms with Crippen LogP contribution in [0.25, 0.3) is 0 Å². The van der Waals surface area contributed by atoms with Gasteiger partial charge in [-0.1, -0.05) is 6.92 Å². The third-order valence-electron chi connectivity index (χ3n) is 0.690. The molecule has 0 N–H and O–H groups in total. The van der Waals surface area contributed by atoms with E-state index in [9.17, 15) is 0 Å². The Morgan fingerprint density at radius 2 is 1.86 bits per heavy atom. The van der Waals surface area contributed by atoms with Gasteiger partial charge >= 0.3 is 0 Å². The van der Waals surface area contributed by atoms with E-state index in [0.717, 1.165) is 0 Å². The van der Waals surface area contributed by atoms with Gasteiger partial charge in [0.2, 0.25) is 0 Å². The molecule has 2 heteroatoms. The highest BCUT2D eigenvalue weighted by Crippen LogP contribution is 2.48. The molecule has 0 saturated heterocycles. The Balaban J connectivity index is 3.15. The van der Waals surface area contributed by atoms with Crippen molar-refractivity contribution in [1.29, 1.82) is 0 Å². The van der Waals surface area contributed by atoms with E-state index >= 15 is 0 Å². The Kier molecular flexibility index (Phi) is 3.66. The van der Waals surface area contributed by atoms with Crippen LogP contribution in [0, 0.1) is 0 Å². The molecule has 0 aromatic rings. The average molecular weight is 232 g/mol. The molecule has 46 valence electrons. The standard InChI is InChI=1S/C5H13IS/c1-4-5-7(2,3)6/h4-5H2,1-3H3. The molecule has 0 atom stereocenters. The summed E-state index contributed by atoms with van der Waals surface area (Å²) in [6, 6.07) is 0. The average Bonchev–Trinajstić information content (AvgIpc) is 1.30. The lowest BCUT2D eigenvalue weighted by molar-refractivity contribution is 1.10. The van der Waals surface area contributed by atoms with Crippen molar-refractivity contribution >= 4 is 28.4 Å². The van der Waals surface area contributed by atoms with Gasteiger partial charge in [-0.3, -0.25) is 0 Å². The predicted octanol–water partition coefficient (Wildman–Crippen LogP) is 2.81. The summed E-state index contributed by atoms with van der Waals surface area (Å²) < 4.78 is 0. The summed E-state index contributed by atoms with van der Waals surface area (Å²) in [4.78, 5) is 0. The highest BCUT2D eigenvalue weighted by atomic mass is 127. The topological polar surface area (TPSA) is 0 Å². The van der Waals surface area contributed by atoms with Crippen molar-refractivity contribution < 1.29 is 0 Å². The zero-order valence-electron chi connectivity index (χ0n) is 5.20. The van der Waals surface area contributed by atoms with Crippen LogP contribution < -0.4 is 0 Å². The molecule has 0 amide bonds. The molecular formula is C5H13IS. The van der Waals surface area contributed by atoms with E-state index < -0.39 is 0 Å². The largest absolute Gasteiger partial charge is 0.193 e. The van der Waals surface area contributed by atoms with Crippen LogP contribution in [-0.2, 0) is 0 Å². The summed E-state index contributed by atoms with van der Waals surface area (Å²) in [5.74, 6) is 1.41.